The second-order valence-electron chi connectivity index (χ2n) is 6.26. The van der Waals surface area contributed by atoms with Gasteiger partial charge in [-0.1, -0.05) is 30.3 Å². The van der Waals surface area contributed by atoms with E-state index in [2.05, 4.69) is 10.1 Å². The molecule has 0 amide bonds. The van der Waals surface area contributed by atoms with Crippen LogP contribution in [0.1, 0.15) is 11.8 Å². The van der Waals surface area contributed by atoms with E-state index in [-0.39, 0.29) is 13.2 Å². The summed E-state index contributed by atoms with van der Waals surface area (Å²) in [6, 6.07) is 10.4. The topological polar surface area (TPSA) is 132 Å². The minimum Gasteiger partial charge on any atom is -0.386 e. The highest BCUT2D eigenvalue weighted by molar-refractivity contribution is 7.51. The Morgan fingerprint density at radius 1 is 1.26 bits per heavy atom. The van der Waals surface area contributed by atoms with E-state index in [1.807, 2.05) is 30.3 Å². The quantitative estimate of drug-likeness (QED) is 0.622. The number of nitrogens with zero attached hydrogens (tertiary/aromatic N) is 1. The van der Waals surface area contributed by atoms with Crippen LogP contribution in [0.25, 0.3) is 0 Å². The lowest BCUT2D eigenvalue weighted by Gasteiger charge is -2.31. The number of nitrogens with one attached hydrogen (secondary N) is 2. The summed E-state index contributed by atoms with van der Waals surface area (Å²) in [7, 11) is -3.66. The first kappa shape index (κ1) is 18.3. The van der Waals surface area contributed by atoms with Crippen LogP contribution in [-0.4, -0.2) is 39.6 Å². The smallest absolute Gasteiger partial charge is 0.386 e. The molecule has 4 rings (SSSR count). The monoisotopic (exact) mass is 395 g/mol. The van der Waals surface area contributed by atoms with Crippen molar-refractivity contribution in [2.45, 2.75) is 31.1 Å². The number of hydrogen-bond donors (Lipinski definition) is 3. The predicted octanol–water partition coefficient (Wildman–Crippen LogP) is 0.108. The summed E-state index contributed by atoms with van der Waals surface area (Å²) in [5, 5.41) is 13.3. The average Bonchev–Trinajstić information content (AvgIpc) is 2.97. The Balaban J connectivity index is 1.48. The summed E-state index contributed by atoms with van der Waals surface area (Å²) in [4.78, 5) is 25.2. The Bertz CT molecular complexity index is 976. The number of rotatable bonds is 4. The van der Waals surface area contributed by atoms with Gasteiger partial charge >= 0.3 is 13.4 Å². The third-order valence-corrected chi connectivity index (χ3v) is 5.98. The van der Waals surface area contributed by atoms with Crippen molar-refractivity contribution in [2.24, 2.45) is 0 Å². The van der Waals surface area contributed by atoms with Crippen LogP contribution in [-0.2, 0) is 24.9 Å². The fourth-order valence-electron chi connectivity index (χ4n) is 3.07. The van der Waals surface area contributed by atoms with Crippen LogP contribution in [0.4, 0.5) is 0 Å². The van der Waals surface area contributed by atoms with Crippen LogP contribution in [0.3, 0.4) is 0 Å². The van der Waals surface area contributed by atoms with Crippen LogP contribution in [0.2, 0.25) is 0 Å². The zero-order chi connectivity index (χ0) is 19.0. The first-order valence-electron chi connectivity index (χ1n) is 8.32. The summed E-state index contributed by atoms with van der Waals surface area (Å²) in [6.07, 6.45) is -2.79. The maximum Gasteiger partial charge on any atom is 0.406 e. The molecular weight excluding hydrogens is 377 g/mol. The molecule has 0 unspecified atom stereocenters. The third kappa shape index (κ3) is 3.68. The molecule has 0 radical (unpaired) electrons. The van der Waals surface area contributed by atoms with Crippen molar-refractivity contribution in [1.82, 2.24) is 14.6 Å². The summed E-state index contributed by atoms with van der Waals surface area (Å²) in [5.41, 5.74) is -0.394. The van der Waals surface area contributed by atoms with Gasteiger partial charge in [0.25, 0.3) is 5.56 Å². The minimum absolute atomic E-state index is 0.0740. The van der Waals surface area contributed by atoms with Crippen molar-refractivity contribution < 1.29 is 23.5 Å². The molecule has 0 saturated carbocycles. The van der Waals surface area contributed by atoms with Gasteiger partial charge in [0, 0.05) is 18.8 Å². The molecule has 5 atom stereocenters. The Morgan fingerprint density at radius 2 is 2.04 bits per heavy atom. The summed E-state index contributed by atoms with van der Waals surface area (Å²) in [6.45, 7) is 0.185. The molecule has 1 aromatic carbocycles. The van der Waals surface area contributed by atoms with Gasteiger partial charge in [-0.3, -0.25) is 23.4 Å². The summed E-state index contributed by atoms with van der Waals surface area (Å²) < 4.78 is 30.3. The van der Waals surface area contributed by atoms with Crippen LogP contribution in [0.5, 0.6) is 0 Å². The van der Waals surface area contributed by atoms with Gasteiger partial charge in [-0.2, -0.15) is 0 Å². The van der Waals surface area contributed by atoms with E-state index in [4.69, 9.17) is 13.8 Å². The number of aliphatic hydroxyl groups is 1. The highest BCUT2D eigenvalue weighted by Crippen LogP contribution is 2.52. The van der Waals surface area contributed by atoms with Crippen molar-refractivity contribution in [3.05, 3.63) is 69.0 Å². The molecule has 10 nitrogen and oxygen atoms in total. The lowest BCUT2D eigenvalue weighted by molar-refractivity contribution is -0.0623. The van der Waals surface area contributed by atoms with Crippen molar-refractivity contribution in [3.63, 3.8) is 0 Å². The van der Waals surface area contributed by atoms with E-state index in [1.54, 1.807) is 0 Å². The van der Waals surface area contributed by atoms with Gasteiger partial charge in [0.15, 0.2) is 6.23 Å². The molecule has 2 fully saturated rings. The van der Waals surface area contributed by atoms with Crippen molar-refractivity contribution in [1.29, 1.82) is 0 Å². The second kappa shape index (κ2) is 7.16. The van der Waals surface area contributed by atoms with Crippen LogP contribution in [0.15, 0.2) is 52.2 Å². The fourth-order valence-corrected chi connectivity index (χ4v) is 4.60. The van der Waals surface area contributed by atoms with Crippen molar-refractivity contribution in [3.8, 4) is 0 Å². The lowest BCUT2D eigenvalue weighted by Crippen LogP contribution is -2.42. The van der Waals surface area contributed by atoms with Gasteiger partial charge in [0.2, 0.25) is 0 Å². The van der Waals surface area contributed by atoms with Crippen LogP contribution >= 0.6 is 7.75 Å². The van der Waals surface area contributed by atoms with Gasteiger partial charge in [-0.05, 0) is 5.56 Å². The molecule has 2 aliphatic rings. The van der Waals surface area contributed by atoms with Gasteiger partial charge in [0.05, 0.1) is 6.61 Å². The van der Waals surface area contributed by atoms with Gasteiger partial charge in [-0.25, -0.2) is 14.4 Å². The van der Waals surface area contributed by atoms with E-state index in [1.165, 1.54) is 6.20 Å². The van der Waals surface area contributed by atoms with Gasteiger partial charge in [0.1, 0.15) is 18.3 Å². The zero-order valence-corrected chi connectivity index (χ0v) is 15.0. The van der Waals surface area contributed by atoms with Crippen molar-refractivity contribution in [2.75, 3.05) is 6.61 Å². The zero-order valence-electron chi connectivity index (χ0n) is 14.1. The second-order valence-corrected chi connectivity index (χ2v) is 8.04. The fraction of sp³-hybridized carbons (Fsp3) is 0.375. The molecule has 3 N–H and O–H groups in total. The molecule has 0 aliphatic carbocycles. The molecule has 3 heterocycles. The molecule has 11 heteroatoms. The van der Waals surface area contributed by atoms with E-state index >= 15 is 0 Å². The standard InChI is InChI=1S/C16H18N3O7P/c20-12-6-7-19(16(22)18-12)15-13(21)14-11(25-15)9-24-27(23,26-14)17-8-10-4-2-1-3-5-10/h1-7,11,13-15,21H,8-9H2,(H,17,23)(H,18,20,22)/t11-,13-,14-,15-,27+/m1/s1. The molecule has 2 aliphatic heterocycles. The minimum atomic E-state index is -3.66. The summed E-state index contributed by atoms with van der Waals surface area (Å²) in [5.74, 6) is 0. The number of benzene rings is 1. The molecule has 2 aromatic rings. The molecule has 2 saturated heterocycles. The molecular formula is C16H18N3O7P. The number of aromatic nitrogens is 2. The number of aliphatic hydroxyl groups excluding tert-OH is 1. The SMILES string of the molecule is O=c1ccn([C@@H]2O[C@@H]3CO[P@@](=O)(NCc4ccccc4)O[C@H]3[C@H]2O)c(=O)[nH]1. The number of fused-ring (bicyclic) bond motifs is 1. The Hall–Kier alpha value is -2.07. The number of ether oxygens (including phenoxy) is 1. The molecule has 1 aromatic heterocycles. The van der Waals surface area contributed by atoms with Crippen LogP contribution < -0.4 is 16.3 Å². The number of aromatic amines is 1. The van der Waals surface area contributed by atoms with E-state index in [0.29, 0.717) is 0 Å². The highest BCUT2D eigenvalue weighted by atomic mass is 31.2. The third-order valence-electron chi connectivity index (χ3n) is 4.42. The van der Waals surface area contributed by atoms with Gasteiger partial charge < -0.3 is 9.84 Å². The Morgan fingerprint density at radius 3 is 2.78 bits per heavy atom. The predicted molar refractivity (Wildman–Crippen MR) is 93.0 cm³/mol. The lowest BCUT2D eigenvalue weighted by atomic mass is 10.1. The largest absolute Gasteiger partial charge is 0.406 e. The number of H-pyrrole nitrogens is 1. The first-order chi connectivity index (χ1) is 13.0. The van der Waals surface area contributed by atoms with E-state index in [9.17, 15) is 19.3 Å². The molecule has 0 spiro atoms. The maximum atomic E-state index is 12.8. The maximum absolute atomic E-state index is 12.8. The summed E-state index contributed by atoms with van der Waals surface area (Å²) >= 11 is 0. The molecule has 27 heavy (non-hydrogen) atoms. The van der Waals surface area contributed by atoms with E-state index < -0.39 is 43.5 Å². The Kier molecular flexibility index (Phi) is 4.85. The normalized spacial score (nSPS) is 32.9. The molecule has 144 valence electrons. The Labute approximate surface area is 153 Å². The highest BCUT2D eigenvalue weighted by Gasteiger charge is 2.52. The number of hydrogen-bond acceptors (Lipinski definition) is 7. The van der Waals surface area contributed by atoms with Gasteiger partial charge in [-0.15, -0.1) is 0 Å². The average molecular weight is 395 g/mol. The van der Waals surface area contributed by atoms with E-state index in [0.717, 1.165) is 16.2 Å². The molecule has 0 bridgehead atoms. The van der Waals surface area contributed by atoms with Crippen molar-refractivity contribution >= 4 is 7.75 Å². The van der Waals surface area contributed by atoms with Crippen LogP contribution in [0, 0.1) is 0 Å². The first-order valence-corrected chi connectivity index (χ1v) is 9.86.